The van der Waals surface area contributed by atoms with Gasteiger partial charge in [0.2, 0.25) is 0 Å². The van der Waals surface area contributed by atoms with Crippen molar-refractivity contribution in [3.05, 3.63) is 35.1 Å². The van der Waals surface area contributed by atoms with Crippen LogP contribution in [0.2, 0.25) is 0 Å². The first-order chi connectivity index (χ1) is 8.60. The van der Waals surface area contributed by atoms with Crippen LogP contribution in [0.15, 0.2) is 18.2 Å². The van der Waals surface area contributed by atoms with Crippen molar-refractivity contribution >= 4 is 21.8 Å². The molecule has 0 aliphatic heterocycles. The lowest BCUT2D eigenvalue weighted by molar-refractivity contribution is 0.0759. The molecule has 100 valence electrons. The summed E-state index contributed by atoms with van der Waals surface area (Å²) in [4.78, 5) is 13.9. The van der Waals surface area contributed by atoms with Crippen LogP contribution in [0, 0.1) is 12.7 Å². The van der Waals surface area contributed by atoms with Gasteiger partial charge in [0.05, 0.1) is 5.56 Å². The number of carbonyl (C=O) groups excluding carboxylic acids is 1. The molecule has 0 aromatic heterocycles. The average molecular weight is 316 g/mol. The molecule has 0 bridgehead atoms. The topological polar surface area (TPSA) is 20.3 Å². The molecule has 0 fully saturated rings. The summed E-state index contributed by atoms with van der Waals surface area (Å²) in [6, 6.07) is 4.74. The molecule has 18 heavy (non-hydrogen) atoms. The van der Waals surface area contributed by atoms with Crippen LogP contribution in [0.5, 0.6) is 0 Å². The molecule has 0 aliphatic carbocycles. The maximum atomic E-state index is 13.8. The first-order valence-corrected chi connectivity index (χ1v) is 7.33. The Bertz CT molecular complexity index is 409. The summed E-state index contributed by atoms with van der Waals surface area (Å²) in [6.45, 7) is 5.16. The second kappa shape index (κ2) is 7.52. The highest BCUT2D eigenvalue weighted by Gasteiger charge is 2.18. The highest BCUT2D eigenvalue weighted by atomic mass is 79.9. The Morgan fingerprint density at radius 2 is 2.11 bits per heavy atom. The van der Waals surface area contributed by atoms with Gasteiger partial charge in [0.1, 0.15) is 5.82 Å². The van der Waals surface area contributed by atoms with Gasteiger partial charge in [-0.15, -0.1) is 0 Å². The van der Waals surface area contributed by atoms with Crippen LogP contribution in [0.3, 0.4) is 0 Å². The quantitative estimate of drug-likeness (QED) is 0.732. The molecule has 0 saturated carbocycles. The van der Waals surface area contributed by atoms with Gasteiger partial charge in [0.15, 0.2) is 0 Å². The second-order valence-electron chi connectivity index (χ2n) is 4.32. The number of alkyl halides is 1. The zero-order valence-electron chi connectivity index (χ0n) is 10.9. The fourth-order valence-corrected chi connectivity index (χ4v) is 2.16. The third-order valence-electron chi connectivity index (χ3n) is 2.78. The standard InChI is InChI=1S/C14H19BrFNO/c1-3-4-8-17(9-7-15)14(18)12-6-5-11(2)10-13(12)16/h5-6,10H,3-4,7-9H2,1-2H3. The Labute approximate surface area is 116 Å². The van der Waals surface area contributed by atoms with Gasteiger partial charge in [-0.1, -0.05) is 35.3 Å². The van der Waals surface area contributed by atoms with Crippen LogP contribution in [0.25, 0.3) is 0 Å². The third-order valence-corrected chi connectivity index (χ3v) is 3.13. The molecule has 0 radical (unpaired) electrons. The maximum Gasteiger partial charge on any atom is 0.256 e. The second-order valence-corrected chi connectivity index (χ2v) is 5.11. The van der Waals surface area contributed by atoms with E-state index in [2.05, 4.69) is 22.9 Å². The van der Waals surface area contributed by atoms with E-state index < -0.39 is 5.82 Å². The van der Waals surface area contributed by atoms with Crippen LogP contribution in [-0.4, -0.2) is 29.2 Å². The molecule has 0 heterocycles. The molecule has 0 saturated heterocycles. The predicted octanol–water partition coefficient (Wildman–Crippen LogP) is 3.77. The van der Waals surface area contributed by atoms with E-state index in [0.29, 0.717) is 18.4 Å². The molecule has 4 heteroatoms. The fraction of sp³-hybridized carbons (Fsp3) is 0.500. The number of hydrogen-bond acceptors (Lipinski definition) is 1. The van der Waals surface area contributed by atoms with E-state index in [9.17, 15) is 9.18 Å². The number of aryl methyl sites for hydroxylation is 1. The van der Waals surface area contributed by atoms with Crippen LogP contribution in [0.1, 0.15) is 35.7 Å². The molecule has 1 amide bonds. The Hall–Kier alpha value is -0.900. The number of unbranched alkanes of at least 4 members (excludes halogenated alkanes) is 1. The van der Waals surface area contributed by atoms with Gasteiger partial charge in [-0.05, 0) is 31.0 Å². The molecule has 0 spiro atoms. The minimum atomic E-state index is -0.434. The van der Waals surface area contributed by atoms with Crippen LogP contribution in [-0.2, 0) is 0 Å². The summed E-state index contributed by atoms with van der Waals surface area (Å²) in [5.41, 5.74) is 0.988. The summed E-state index contributed by atoms with van der Waals surface area (Å²) in [5, 5.41) is 0.704. The number of hydrogen-bond donors (Lipinski definition) is 0. The van der Waals surface area contributed by atoms with Gasteiger partial charge in [0.25, 0.3) is 5.91 Å². The third kappa shape index (κ3) is 4.09. The number of nitrogens with zero attached hydrogens (tertiary/aromatic N) is 1. The van der Waals surface area contributed by atoms with Crippen LogP contribution < -0.4 is 0 Å². The van der Waals surface area contributed by atoms with Crippen molar-refractivity contribution in [3.8, 4) is 0 Å². The number of carbonyl (C=O) groups is 1. The summed E-state index contributed by atoms with van der Waals surface area (Å²) in [6.07, 6.45) is 1.95. The molecule has 0 aliphatic rings. The number of benzene rings is 1. The Morgan fingerprint density at radius 3 is 2.67 bits per heavy atom. The first-order valence-electron chi connectivity index (χ1n) is 6.21. The van der Waals surface area contributed by atoms with Gasteiger partial charge in [-0.2, -0.15) is 0 Å². The molecule has 0 N–H and O–H groups in total. The van der Waals surface area contributed by atoms with E-state index in [1.807, 2.05) is 6.92 Å². The van der Waals surface area contributed by atoms with Crippen LogP contribution >= 0.6 is 15.9 Å². The Kier molecular flexibility index (Phi) is 6.33. The molecule has 1 aromatic carbocycles. The maximum absolute atomic E-state index is 13.8. The number of amides is 1. The number of rotatable bonds is 6. The lowest BCUT2D eigenvalue weighted by Crippen LogP contribution is -2.34. The zero-order chi connectivity index (χ0) is 13.5. The Morgan fingerprint density at radius 1 is 1.39 bits per heavy atom. The monoisotopic (exact) mass is 315 g/mol. The van der Waals surface area contributed by atoms with Crippen molar-refractivity contribution in [3.63, 3.8) is 0 Å². The lowest BCUT2D eigenvalue weighted by Gasteiger charge is -2.22. The van der Waals surface area contributed by atoms with Gasteiger partial charge in [-0.3, -0.25) is 4.79 Å². The van der Waals surface area contributed by atoms with Crippen LogP contribution in [0.4, 0.5) is 4.39 Å². The lowest BCUT2D eigenvalue weighted by atomic mass is 10.1. The molecule has 0 atom stereocenters. The Balaban J connectivity index is 2.87. The highest BCUT2D eigenvalue weighted by molar-refractivity contribution is 9.09. The van der Waals surface area contributed by atoms with Crippen molar-refractivity contribution in [2.75, 3.05) is 18.4 Å². The van der Waals surface area contributed by atoms with Gasteiger partial charge < -0.3 is 4.90 Å². The van der Waals surface area contributed by atoms with Crippen molar-refractivity contribution in [2.45, 2.75) is 26.7 Å². The van der Waals surface area contributed by atoms with Crippen molar-refractivity contribution in [1.29, 1.82) is 0 Å². The van der Waals surface area contributed by atoms with Gasteiger partial charge >= 0.3 is 0 Å². The number of halogens is 2. The van der Waals surface area contributed by atoms with Crippen molar-refractivity contribution in [1.82, 2.24) is 4.90 Å². The highest BCUT2D eigenvalue weighted by Crippen LogP contribution is 2.13. The largest absolute Gasteiger partial charge is 0.338 e. The molecule has 1 aromatic rings. The molecular weight excluding hydrogens is 297 g/mol. The summed E-state index contributed by atoms with van der Waals surface area (Å²) in [5.74, 6) is -0.656. The summed E-state index contributed by atoms with van der Waals surface area (Å²) in [7, 11) is 0. The minimum absolute atomic E-state index is 0.164. The van der Waals surface area contributed by atoms with Crippen molar-refractivity contribution < 1.29 is 9.18 Å². The van der Waals surface area contributed by atoms with E-state index in [0.717, 1.165) is 18.4 Å². The molecule has 0 unspecified atom stereocenters. The fourth-order valence-electron chi connectivity index (χ4n) is 1.73. The molecular formula is C14H19BrFNO. The van der Waals surface area contributed by atoms with E-state index in [4.69, 9.17) is 0 Å². The molecule has 1 rings (SSSR count). The normalized spacial score (nSPS) is 10.4. The zero-order valence-corrected chi connectivity index (χ0v) is 12.5. The SMILES string of the molecule is CCCCN(CCBr)C(=O)c1ccc(C)cc1F. The summed E-state index contributed by atoms with van der Waals surface area (Å²) < 4.78 is 13.8. The van der Waals surface area contributed by atoms with E-state index in [1.165, 1.54) is 6.07 Å². The van der Waals surface area contributed by atoms with Gasteiger partial charge in [0, 0.05) is 18.4 Å². The molecule has 2 nitrogen and oxygen atoms in total. The predicted molar refractivity (Wildman–Crippen MR) is 75.7 cm³/mol. The van der Waals surface area contributed by atoms with E-state index >= 15 is 0 Å². The summed E-state index contributed by atoms with van der Waals surface area (Å²) >= 11 is 3.33. The minimum Gasteiger partial charge on any atom is -0.338 e. The van der Waals surface area contributed by atoms with Gasteiger partial charge in [-0.25, -0.2) is 4.39 Å². The smallest absolute Gasteiger partial charge is 0.256 e. The van der Waals surface area contributed by atoms with E-state index in [1.54, 1.807) is 17.0 Å². The average Bonchev–Trinajstić information content (AvgIpc) is 2.33. The van der Waals surface area contributed by atoms with Crippen molar-refractivity contribution in [2.24, 2.45) is 0 Å². The van der Waals surface area contributed by atoms with E-state index in [-0.39, 0.29) is 11.5 Å². The first kappa shape index (κ1) is 15.2.